The van der Waals surface area contributed by atoms with Crippen molar-refractivity contribution in [3.63, 3.8) is 0 Å². The zero-order chi connectivity index (χ0) is 19.1. The fraction of sp³-hybridized carbons (Fsp3) is 0.684. The van der Waals surface area contributed by atoms with Gasteiger partial charge in [-0.15, -0.1) is 0 Å². The predicted octanol–water partition coefficient (Wildman–Crippen LogP) is 0.915. The molecule has 150 valence electrons. The maximum atomic E-state index is 11.3. The lowest BCUT2D eigenvalue weighted by atomic mass is 9.73. The van der Waals surface area contributed by atoms with Crippen LogP contribution in [0.2, 0.25) is 0 Å². The molecule has 1 amide bonds. The minimum atomic E-state index is -0.131. The van der Waals surface area contributed by atoms with Gasteiger partial charge in [0.05, 0.1) is 5.69 Å². The molecule has 1 N–H and O–H groups in total. The largest absolute Gasteiger partial charge is 0.381 e. The summed E-state index contributed by atoms with van der Waals surface area (Å²) in [6, 6.07) is 1.95. The Morgan fingerprint density at radius 1 is 1.36 bits per heavy atom. The van der Waals surface area contributed by atoms with Crippen LogP contribution >= 0.6 is 0 Å². The second-order valence-corrected chi connectivity index (χ2v) is 8.33. The normalized spacial score (nSPS) is 25.8. The van der Waals surface area contributed by atoms with Gasteiger partial charge in [-0.05, 0) is 25.8 Å². The van der Waals surface area contributed by atoms with Gasteiger partial charge in [0.1, 0.15) is 6.04 Å². The van der Waals surface area contributed by atoms with Crippen LogP contribution < -0.4 is 5.32 Å². The van der Waals surface area contributed by atoms with E-state index in [0.717, 1.165) is 57.8 Å². The Hall–Kier alpha value is -2.26. The number of aromatic nitrogens is 4. The number of amides is 1. The van der Waals surface area contributed by atoms with E-state index in [1.807, 2.05) is 22.7 Å². The Labute approximate surface area is 163 Å². The highest BCUT2D eigenvalue weighted by atomic mass is 16.5. The average molecular weight is 386 g/mol. The molecule has 3 aliphatic rings. The van der Waals surface area contributed by atoms with E-state index >= 15 is 0 Å². The summed E-state index contributed by atoms with van der Waals surface area (Å²) in [4.78, 5) is 17.8. The van der Waals surface area contributed by atoms with Crippen LogP contribution in [-0.4, -0.2) is 70.6 Å². The smallest absolute Gasteiger partial charge is 0.251 e. The van der Waals surface area contributed by atoms with Crippen molar-refractivity contribution in [2.75, 3.05) is 39.4 Å². The highest BCUT2D eigenvalue weighted by molar-refractivity contribution is 5.49. The molecule has 0 aromatic carbocycles. The van der Waals surface area contributed by atoms with Crippen LogP contribution in [0.5, 0.6) is 0 Å². The van der Waals surface area contributed by atoms with Gasteiger partial charge in [-0.1, -0.05) is 5.16 Å². The van der Waals surface area contributed by atoms with E-state index in [2.05, 4.69) is 16.5 Å². The summed E-state index contributed by atoms with van der Waals surface area (Å²) in [5.41, 5.74) is 1.14. The highest BCUT2D eigenvalue weighted by Crippen LogP contribution is 2.44. The van der Waals surface area contributed by atoms with Crippen LogP contribution in [-0.2, 0) is 9.53 Å². The number of nitrogens with one attached hydrogen (secondary N) is 1. The number of hydrogen-bond donors (Lipinski definition) is 1. The molecule has 5 rings (SSSR count). The average Bonchev–Trinajstić information content (AvgIpc) is 3.45. The van der Waals surface area contributed by atoms with E-state index in [-0.39, 0.29) is 17.4 Å². The van der Waals surface area contributed by atoms with E-state index in [4.69, 9.17) is 19.3 Å². The first-order valence-corrected chi connectivity index (χ1v) is 10.0. The third-order valence-corrected chi connectivity index (χ3v) is 6.57. The van der Waals surface area contributed by atoms with Crippen molar-refractivity contribution in [1.29, 1.82) is 0 Å². The fourth-order valence-corrected chi connectivity index (χ4v) is 4.70. The minimum absolute atomic E-state index is 0.0349. The maximum Gasteiger partial charge on any atom is 0.251 e. The molecule has 0 saturated carbocycles. The molecule has 28 heavy (non-hydrogen) atoms. The number of carbonyl (C=O) groups is 1. The SMILES string of the molecule is CC(c1nc(C2CN(C=O)CC23CNC3)no1)n1ccc(C2CCOCC2)n1. The van der Waals surface area contributed by atoms with Gasteiger partial charge < -0.3 is 19.5 Å². The number of carbonyl (C=O) groups excluding carboxylic acids is 1. The molecule has 0 aliphatic carbocycles. The first-order chi connectivity index (χ1) is 13.7. The summed E-state index contributed by atoms with van der Waals surface area (Å²) in [6.45, 7) is 6.79. The summed E-state index contributed by atoms with van der Waals surface area (Å²) in [5, 5.41) is 12.4. The molecule has 5 heterocycles. The van der Waals surface area contributed by atoms with E-state index in [9.17, 15) is 4.79 Å². The number of rotatable bonds is 5. The van der Waals surface area contributed by atoms with Crippen molar-refractivity contribution < 1.29 is 14.1 Å². The lowest BCUT2D eigenvalue weighted by molar-refractivity contribution is -0.117. The van der Waals surface area contributed by atoms with Gasteiger partial charge in [-0.25, -0.2) is 0 Å². The molecule has 0 bridgehead atoms. The molecule has 2 aromatic rings. The lowest BCUT2D eigenvalue weighted by Gasteiger charge is -2.42. The van der Waals surface area contributed by atoms with Crippen LogP contribution in [0.4, 0.5) is 0 Å². The fourth-order valence-electron chi connectivity index (χ4n) is 4.70. The molecule has 1 spiro atoms. The molecular weight excluding hydrogens is 360 g/mol. The van der Waals surface area contributed by atoms with Crippen molar-refractivity contribution >= 4 is 6.41 Å². The molecule has 3 aliphatic heterocycles. The molecule has 3 saturated heterocycles. The van der Waals surface area contributed by atoms with Gasteiger partial charge in [0.15, 0.2) is 5.82 Å². The third kappa shape index (κ3) is 2.93. The Bertz CT molecular complexity index is 838. The monoisotopic (exact) mass is 386 g/mol. The number of likely N-dealkylation sites (tertiary alicyclic amines) is 1. The lowest BCUT2D eigenvalue weighted by Crippen LogP contribution is -2.57. The summed E-state index contributed by atoms with van der Waals surface area (Å²) in [7, 11) is 0. The molecule has 0 radical (unpaired) electrons. The Balaban J connectivity index is 1.33. The van der Waals surface area contributed by atoms with Crippen molar-refractivity contribution in [2.24, 2.45) is 5.41 Å². The molecular formula is C19H26N6O3. The van der Waals surface area contributed by atoms with Gasteiger partial charge in [0.2, 0.25) is 6.41 Å². The van der Waals surface area contributed by atoms with Crippen molar-refractivity contribution in [1.82, 2.24) is 30.1 Å². The topological polar surface area (TPSA) is 98.3 Å². The van der Waals surface area contributed by atoms with Gasteiger partial charge in [0, 0.05) is 62.8 Å². The van der Waals surface area contributed by atoms with E-state index < -0.39 is 0 Å². The van der Waals surface area contributed by atoms with Crippen molar-refractivity contribution in [3.8, 4) is 0 Å². The van der Waals surface area contributed by atoms with Crippen LogP contribution in [0.25, 0.3) is 0 Å². The van der Waals surface area contributed by atoms with E-state index in [1.165, 1.54) is 0 Å². The van der Waals surface area contributed by atoms with Crippen LogP contribution in [0.3, 0.4) is 0 Å². The van der Waals surface area contributed by atoms with Gasteiger partial charge in [-0.3, -0.25) is 9.48 Å². The number of nitrogens with zero attached hydrogens (tertiary/aromatic N) is 5. The van der Waals surface area contributed by atoms with Crippen molar-refractivity contribution in [2.45, 2.75) is 37.6 Å². The first kappa shape index (κ1) is 17.8. The Kier molecular flexibility index (Phi) is 4.43. The molecule has 9 nitrogen and oxygen atoms in total. The van der Waals surface area contributed by atoms with Crippen LogP contribution in [0.15, 0.2) is 16.8 Å². The standard InChI is InChI=1S/C19H26N6O3/c1-13(25-5-2-16(22-25)14-3-6-27-7-4-14)18-21-17(23-28-18)15-8-24(12-26)11-19(15)9-20-10-19/h2,5,12-15,20H,3-4,6-11H2,1H3. The van der Waals surface area contributed by atoms with Gasteiger partial charge in [0.25, 0.3) is 5.89 Å². The quantitative estimate of drug-likeness (QED) is 0.763. The van der Waals surface area contributed by atoms with Crippen LogP contribution in [0.1, 0.15) is 55.1 Å². The molecule has 2 atom stereocenters. The highest BCUT2D eigenvalue weighted by Gasteiger charge is 2.53. The second-order valence-electron chi connectivity index (χ2n) is 8.33. The van der Waals surface area contributed by atoms with Gasteiger partial charge >= 0.3 is 0 Å². The van der Waals surface area contributed by atoms with Gasteiger partial charge in [-0.2, -0.15) is 10.1 Å². The minimum Gasteiger partial charge on any atom is -0.381 e. The number of ether oxygens (including phenoxy) is 1. The Morgan fingerprint density at radius 2 is 2.18 bits per heavy atom. The van der Waals surface area contributed by atoms with E-state index in [1.54, 1.807) is 0 Å². The summed E-state index contributed by atoms with van der Waals surface area (Å²) in [6.07, 6.45) is 4.94. The summed E-state index contributed by atoms with van der Waals surface area (Å²) in [5.74, 6) is 1.83. The van der Waals surface area contributed by atoms with Crippen molar-refractivity contribution in [3.05, 3.63) is 29.7 Å². The predicted molar refractivity (Wildman–Crippen MR) is 98.8 cm³/mol. The zero-order valence-corrected chi connectivity index (χ0v) is 16.1. The second kappa shape index (κ2) is 6.97. The zero-order valence-electron chi connectivity index (χ0n) is 16.1. The summed E-state index contributed by atoms with van der Waals surface area (Å²) >= 11 is 0. The third-order valence-electron chi connectivity index (χ3n) is 6.57. The summed E-state index contributed by atoms with van der Waals surface area (Å²) < 4.78 is 13.0. The Morgan fingerprint density at radius 3 is 2.89 bits per heavy atom. The molecule has 2 unspecified atom stereocenters. The van der Waals surface area contributed by atoms with E-state index in [0.29, 0.717) is 24.2 Å². The maximum absolute atomic E-state index is 11.3. The van der Waals surface area contributed by atoms with Crippen LogP contribution in [0, 0.1) is 5.41 Å². The molecule has 9 heteroatoms. The number of hydrogen-bond acceptors (Lipinski definition) is 7. The molecule has 2 aromatic heterocycles. The molecule has 3 fully saturated rings. The first-order valence-electron chi connectivity index (χ1n) is 10.0.